The van der Waals surface area contributed by atoms with Crippen LogP contribution in [0.2, 0.25) is 0 Å². The summed E-state index contributed by atoms with van der Waals surface area (Å²) in [4.78, 5) is 27.9. The number of anilines is 1. The van der Waals surface area contributed by atoms with Gasteiger partial charge in [0.25, 0.3) is 0 Å². The second-order valence-corrected chi connectivity index (χ2v) is 11.7. The molecule has 0 unspecified atom stereocenters. The van der Waals surface area contributed by atoms with E-state index in [1.54, 1.807) is 13.0 Å². The van der Waals surface area contributed by atoms with Crippen LogP contribution in [0.25, 0.3) is 0 Å². The molecule has 0 saturated carbocycles. The van der Waals surface area contributed by atoms with Crippen molar-refractivity contribution in [1.29, 1.82) is 0 Å². The second-order valence-electron chi connectivity index (χ2n) is 9.80. The molecule has 2 aromatic carbocycles. The molecule has 8 heteroatoms. The molecule has 1 N–H and O–H groups in total. The number of amides is 2. The van der Waals surface area contributed by atoms with Gasteiger partial charge < -0.3 is 10.2 Å². The van der Waals surface area contributed by atoms with Gasteiger partial charge in [-0.1, -0.05) is 48.0 Å². The molecule has 0 fully saturated rings. The molecule has 2 aromatic rings. The van der Waals surface area contributed by atoms with Crippen molar-refractivity contribution in [3.63, 3.8) is 0 Å². The van der Waals surface area contributed by atoms with E-state index in [-0.39, 0.29) is 19.0 Å². The predicted octanol–water partition coefficient (Wildman–Crippen LogP) is 3.44. The van der Waals surface area contributed by atoms with Crippen LogP contribution in [0.15, 0.2) is 48.5 Å². The molecule has 0 radical (unpaired) electrons. The Morgan fingerprint density at radius 2 is 1.65 bits per heavy atom. The summed E-state index contributed by atoms with van der Waals surface area (Å²) in [5, 5.41) is 2.92. The van der Waals surface area contributed by atoms with Gasteiger partial charge in [0.2, 0.25) is 21.8 Å². The molecule has 0 aliphatic rings. The Kier molecular flexibility index (Phi) is 8.89. The SMILES string of the molecule is Cc1ccc(N(CC(=O)N(CCc2ccccc2)[C@H](C)C(=O)NC(C)(C)C)S(C)(=O)=O)c(C)c1. The van der Waals surface area contributed by atoms with Gasteiger partial charge in [-0.3, -0.25) is 13.9 Å². The van der Waals surface area contributed by atoms with E-state index in [0.717, 1.165) is 27.3 Å². The van der Waals surface area contributed by atoms with Crippen LogP contribution in [0.1, 0.15) is 44.4 Å². The van der Waals surface area contributed by atoms with E-state index in [1.165, 1.54) is 4.90 Å². The minimum Gasteiger partial charge on any atom is -0.350 e. The van der Waals surface area contributed by atoms with Gasteiger partial charge in [-0.05, 0) is 65.2 Å². The highest BCUT2D eigenvalue weighted by molar-refractivity contribution is 7.92. The molecule has 0 saturated heterocycles. The van der Waals surface area contributed by atoms with Gasteiger partial charge in [-0.2, -0.15) is 0 Å². The number of sulfonamides is 1. The lowest BCUT2D eigenvalue weighted by atomic mass is 10.1. The van der Waals surface area contributed by atoms with Crippen molar-refractivity contribution in [1.82, 2.24) is 10.2 Å². The number of rotatable bonds is 9. The van der Waals surface area contributed by atoms with Crippen LogP contribution in [0, 0.1) is 13.8 Å². The highest BCUT2D eigenvalue weighted by Gasteiger charge is 2.31. The highest BCUT2D eigenvalue weighted by Crippen LogP contribution is 2.24. The molecule has 34 heavy (non-hydrogen) atoms. The van der Waals surface area contributed by atoms with Crippen molar-refractivity contribution in [2.24, 2.45) is 0 Å². The first-order chi connectivity index (χ1) is 15.7. The zero-order valence-corrected chi connectivity index (χ0v) is 22.1. The largest absolute Gasteiger partial charge is 0.350 e. The lowest BCUT2D eigenvalue weighted by Crippen LogP contribution is -2.55. The third-order valence-corrected chi connectivity index (χ3v) is 6.58. The maximum Gasteiger partial charge on any atom is 0.244 e. The van der Waals surface area contributed by atoms with Crippen molar-refractivity contribution in [2.75, 3.05) is 23.7 Å². The van der Waals surface area contributed by atoms with Crippen molar-refractivity contribution >= 4 is 27.5 Å². The molecule has 2 rings (SSSR count). The number of carbonyl (C=O) groups is 2. The van der Waals surface area contributed by atoms with Gasteiger partial charge >= 0.3 is 0 Å². The highest BCUT2D eigenvalue weighted by atomic mass is 32.2. The Morgan fingerprint density at radius 1 is 1.03 bits per heavy atom. The summed E-state index contributed by atoms with van der Waals surface area (Å²) < 4.78 is 26.5. The summed E-state index contributed by atoms with van der Waals surface area (Å²) in [5.41, 5.74) is 2.78. The number of carbonyl (C=O) groups excluding carboxylic acids is 2. The zero-order valence-electron chi connectivity index (χ0n) is 21.3. The predicted molar refractivity (Wildman–Crippen MR) is 137 cm³/mol. The number of nitrogens with zero attached hydrogens (tertiary/aromatic N) is 2. The fourth-order valence-corrected chi connectivity index (χ4v) is 4.63. The molecule has 2 amide bonds. The van der Waals surface area contributed by atoms with Gasteiger partial charge in [0, 0.05) is 12.1 Å². The molecule has 0 aromatic heterocycles. The lowest BCUT2D eigenvalue weighted by molar-refractivity contribution is -0.139. The van der Waals surface area contributed by atoms with E-state index >= 15 is 0 Å². The van der Waals surface area contributed by atoms with Crippen molar-refractivity contribution < 1.29 is 18.0 Å². The molecule has 0 aliphatic heterocycles. The van der Waals surface area contributed by atoms with Crippen LogP contribution >= 0.6 is 0 Å². The van der Waals surface area contributed by atoms with Crippen LogP contribution in [0.5, 0.6) is 0 Å². The second kappa shape index (κ2) is 11.0. The fraction of sp³-hybridized carbons (Fsp3) is 0.462. The molecule has 0 heterocycles. The topological polar surface area (TPSA) is 86.8 Å². The standard InChI is InChI=1S/C26H37N3O4S/c1-19-13-14-23(20(2)17-19)29(34(7,32)33)18-24(30)28(16-15-22-11-9-8-10-12-22)21(3)25(31)27-26(4,5)6/h8-14,17,21H,15-16,18H2,1-7H3,(H,27,31)/t21-/m1/s1. The normalized spacial score (nSPS) is 12.7. The Bertz CT molecular complexity index is 1110. The Balaban J connectivity index is 2.36. The van der Waals surface area contributed by atoms with Gasteiger partial charge in [0.05, 0.1) is 11.9 Å². The number of nitrogens with one attached hydrogen (secondary N) is 1. The molecular formula is C26H37N3O4S. The first kappa shape index (κ1) is 27.4. The minimum atomic E-state index is -3.74. The van der Waals surface area contributed by atoms with Crippen LogP contribution in [0.3, 0.4) is 0 Å². The monoisotopic (exact) mass is 487 g/mol. The van der Waals surface area contributed by atoms with Crippen LogP contribution in [-0.4, -0.2) is 56.1 Å². The average molecular weight is 488 g/mol. The summed E-state index contributed by atoms with van der Waals surface area (Å²) in [6.07, 6.45) is 1.63. The van der Waals surface area contributed by atoms with Crippen molar-refractivity contribution in [3.05, 3.63) is 65.2 Å². The molecule has 0 bridgehead atoms. The van der Waals surface area contributed by atoms with E-state index in [9.17, 15) is 18.0 Å². The fourth-order valence-electron chi connectivity index (χ4n) is 3.72. The number of hydrogen-bond acceptors (Lipinski definition) is 4. The Morgan fingerprint density at radius 3 is 2.18 bits per heavy atom. The molecule has 1 atom stereocenters. The number of aryl methyl sites for hydroxylation is 2. The summed E-state index contributed by atoms with van der Waals surface area (Å²) >= 11 is 0. The van der Waals surface area contributed by atoms with Gasteiger partial charge in [0.15, 0.2) is 0 Å². The third kappa shape index (κ3) is 7.87. The van der Waals surface area contributed by atoms with E-state index in [1.807, 2.05) is 77.1 Å². The summed E-state index contributed by atoms with van der Waals surface area (Å²) in [7, 11) is -3.74. The molecular weight excluding hydrogens is 450 g/mol. The van der Waals surface area contributed by atoms with E-state index in [0.29, 0.717) is 12.1 Å². The van der Waals surface area contributed by atoms with Crippen LogP contribution in [0.4, 0.5) is 5.69 Å². The maximum absolute atomic E-state index is 13.5. The Hall–Kier alpha value is -2.87. The summed E-state index contributed by atoms with van der Waals surface area (Å²) in [6.45, 7) is 10.9. The summed E-state index contributed by atoms with van der Waals surface area (Å²) in [5.74, 6) is -0.718. The zero-order chi connectivity index (χ0) is 25.7. The first-order valence-electron chi connectivity index (χ1n) is 11.4. The Labute approximate surface area is 204 Å². The maximum atomic E-state index is 13.5. The number of benzene rings is 2. The lowest BCUT2D eigenvalue weighted by Gasteiger charge is -2.33. The van der Waals surface area contributed by atoms with Gasteiger partial charge in [0.1, 0.15) is 12.6 Å². The van der Waals surface area contributed by atoms with Crippen molar-refractivity contribution in [3.8, 4) is 0 Å². The molecule has 0 aliphatic carbocycles. The minimum absolute atomic E-state index is 0.284. The van der Waals surface area contributed by atoms with Gasteiger partial charge in [-0.25, -0.2) is 8.42 Å². The molecule has 7 nitrogen and oxygen atoms in total. The first-order valence-corrected chi connectivity index (χ1v) is 13.2. The molecule has 0 spiro atoms. The smallest absolute Gasteiger partial charge is 0.244 e. The van der Waals surface area contributed by atoms with E-state index < -0.39 is 27.5 Å². The summed E-state index contributed by atoms with van der Waals surface area (Å²) in [6, 6.07) is 14.3. The molecule has 186 valence electrons. The quantitative estimate of drug-likeness (QED) is 0.587. The third-order valence-electron chi connectivity index (χ3n) is 5.45. The van der Waals surface area contributed by atoms with Crippen LogP contribution in [-0.2, 0) is 26.0 Å². The van der Waals surface area contributed by atoms with Crippen LogP contribution < -0.4 is 9.62 Å². The van der Waals surface area contributed by atoms with E-state index in [4.69, 9.17) is 0 Å². The van der Waals surface area contributed by atoms with Crippen molar-refractivity contribution in [2.45, 2.75) is 59.5 Å². The van der Waals surface area contributed by atoms with Gasteiger partial charge in [-0.15, -0.1) is 0 Å². The number of hydrogen-bond donors (Lipinski definition) is 1. The average Bonchev–Trinajstić information content (AvgIpc) is 2.71. The van der Waals surface area contributed by atoms with E-state index in [2.05, 4.69) is 5.32 Å².